The van der Waals surface area contributed by atoms with Gasteiger partial charge in [0, 0.05) is 24.4 Å². The summed E-state index contributed by atoms with van der Waals surface area (Å²) < 4.78 is 5.56. The topological polar surface area (TPSA) is 64.4 Å². The van der Waals surface area contributed by atoms with E-state index in [0.29, 0.717) is 11.7 Å². The number of ether oxygens (including phenoxy) is 1. The molecule has 0 aliphatic heterocycles. The van der Waals surface area contributed by atoms with Gasteiger partial charge < -0.3 is 10.1 Å². The van der Waals surface area contributed by atoms with Gasteiger partial charge in [-0.15, -0.1) is 0 Å². The summed E-state index contributed by atoms with van der Waals surface area (Å²) in [4.78, 5) is 10.6. The fourth-order valence-corrected chi connectivity index (χ4v) is 2.78. The molecule has 1 aromatic carbocycles. The minimum Gasteiger partial charge on any atom is -0.484 e. The molecule has 0 aromatic heterocycles. The Labute approximate surface area is 125 Å². The highest BCUT2D eigenvalue weighted by Crippen LogP contribution is 2.31. The number of nitro benzene ring substituents is 1. The van der Waals surface area contributed by atoms with Crippen molar-refractivity contribution in [3.63, 3.8) is 0 Å². The lowest BCUT2D eigenvalue weighted by Gasteiger charge is -2.22. The van der Waals surface area contributed by atoms with E-state index >= 15 is 0 Å². The van der Waals surface area contributed by atoms with Crippen LogP contribution in [0.1, 0.15) is 46.0 Å². The molecule has 1 saturated carbocycles. The third-order valence-corrected chi connectivity index (χ3v) is 3.84. The van der Waals surface area contributed by atoms with Crippen LogP contribution in [0, 0.1) is 16.0 Å². The number of rotatable bonds is 6. The van der Waals surface area contributed by atoms with Gasteiger partial charge in [0.25, 0.3) is 0 Å². The van der Waals surface area contributed by atoms with E-state index in [0.717, 1.165) is 12.2 Å². The van der Waals surface area contributed by atoms with Crippen LogP contribution in [0.3, 0.4) is 0 Å². The van der Waals surface area contributed by atoms with Gasteiger partial charge in [-0.2, -0.15) is 0 Å². The first kappa shape index (κ1) is 15.6. The van der Waals surface area contributed by atoms with Gasteiger partial charge in [-0.3, -0.25) is 10.1 Å². The van der Waals surface area contributed by atoms with Crippen molar-refractivity contribution >= 4 is 11.4 Å². The molecule has 0 amide bonds. The summed E-state index contributed by atoms with van der Waals surface area (Å²) in [5.41, 5.74) is 0.911. The summed E-state index contributed by atoms with van der Waals surface area (Å²) in [6, 6.07) is 5.01. The van der Waals surface area contributed by atoms with Gasteiger partial charge in [-0.1, -0.05) is 19.3 Å². The summed E-state index contributed by atoms with van der Waals surface area (Å²) >= 11 is 0. The first-order valence-corrected chi connectivity index (χ1v) is 7.75. The number of benzene rings is 1. The Balaban J connectivity index is 2.03. The largest absolute Gasteiger partial charge is 0.484 e. The zero-order valence-electron chi connectivity index (χ0n) is 12.8. The van der Waals surface area contributed by atoms with Crippen molar-refractivity contribution < 1.29 is 9.66 Å². The van der Waals surface area contributed by atoms with Crippen LogP contribution in [0.2, 0.25) is 0 Å². The van der Waals surface area contributed by atoms with Gasteiger partial charge in [0.15, 0.2) is 5.75 Å². The van der Waals surface area contributed by atoms with Crippen molar-refractivity contribution in [3.8, 4) is 5.75 Å². The Morgan fingerprint density at radius 1 is 1.33 bits per heavy atom. The maximum absolute atomic E-state index is 11.0. The predicted octanol–water partition coefficient (Wildman–Crippen LogP) is 4.37. The quantitative estimate of drug-likeness (QED) is 0.624. The first-order chi connectivity index (χ1) is 10.1. The normalized spacial score (nSPS) is 16.0. The molecule has 5 heteroatoms. The molecule has 0 radical (unpaired) electrons. The predicted molar refractivity (Wildman–Crippen MR) is 83.9 cm³/mol. The number of anilines is 1. The maximum atomic E-state index is 11.0. The molecular weight excluding hydrogens is 268 g/mol. The highest BCUT2D eigenvalue weighted by atomic mass is 16.6. The standard InChI is InChI=1S/C16H24N2O3/c1-12(2)21-16-10-14(8-9-15(16)18(19)20)17-11-13-6-4-3-5-7-13/h8-10,12-13,17H,3-7,11H2,1-2H3. The van der Waals surface area contributed by atoms with E-state index in [2.05, 4.69) is 5.32 Å². The smallest absolute Gasteiger partial charge is 0.311 e. The van der Waals surface area contributed by atoms with Crippen LogP contribution in [0.4, 0.5) is 11.4 Å². The summed E-state index contributed by atoms with van der Waals surface area (Å²) in [6.07, 6.45) is 6.44. The molecule has 2 rings (SSSR count). The molecule has 0 unspecified atom stereocenters. The van der Waals surface area contributed by atoms with E-state index in [9.17, 15) is 10.1 Å². The van der Waals surface area contributed by atoms with Crippen LogP contribution < -0.4 is 10.1 Å². The van der Waals surface area contributed by atoms with E-state index in [1.54, 1.807) is 12.1 Å². The van der Waals surface area contributed by atoms with Gasteiger partial charge >= 0.3 is 5.69 Å². The van der Waals surface area contributed by atoms with Crippen LogP contribution in [0.15, 0.2) is 18.2 Å². The van der Waals surface area contributed by atoms with Crippen molar-refractivity contribution in [2.45, 2.75) is 52.1 Å². The fourth-order valence-electron chi connectivity index (χ4n) is 2.78. The Kier molecular flexibility index (Phi) is 5.42. The van der Waals surface area contributed by atoms with Crippen LogP contribution in [-0.4, -0.2) is 17.6 Å². The van der Waals surface area contributed by atoms with Gasteiger partial charge in [0.05, 0.1) is 11.0 Å². The number of nitro groups is 1. The maximum Gasteiger partial charge on any atom is 0.311 e. The highest BCUT2D eigenvalue weighted by Gasteiger charge is 2.18. The van der Waals surface area contributed by atoms with Crippen LogP contribution >= 0.6 is 0 Å². The number of hydrogen-bond acceptors (Lipinski definition) is 4. The van der Waals surface area contributed by atoms with E-state index in [-0.39, 0.29) is 11.8 Å². The van der Waals surface area contributed by atoms with Gasteiger partial charge in [-0.05, 0) is 38.7 Å². The van der Waals surface area contributed by atoms with Crippen LogP contribution in [0.25, 0.3) is 0 Å². The number of hydrogen-bond donors (Lipinski definition) is 1. The summed E-state index contributed by atoms with van der Waals surface area (Å²) in [7, 11) is 0. The average molecular weight is 292 g/mol. The molecule has 1 fully saturated rings. The Hall–Kier alpha value is -1.78. The zero-order valence-corrected chi connectivity index (χ0v) is 12.8. The average Bonchev–Trinajstić information content (AvgIpc) is 2.45. The van der Waals surface area contributed by atoms with Crippen molar-refractivity contribution in [2.75, 3.05) is 11.9 Å². The molecule has 1 aliphatic carbocycles. The second-order valence-electron chi connectivity index (χ2n) is 5.99. The monoisotopic (exact) mass is 292 g/mol. The summed E-state index contributed by atoms with van der Waals surface area (Å²) in [6.45, 7) is 4.66. The van der Waals surface area contributed by atoms with E-state index in [1.165, 1.54) is 38.2 Å². The molecule has 5 nitrogen and oxygen atoms in total. The first-order valence-electron chi connectivity index (χ1n) is 7.75. The van der Waals surface area contributed by atoms with Crippen LogP contribution in [0.5, 0.6) is 5.75 Å². The lowest BCUT2D eigenvalue weighted by molar-refractivity contribution is -0.386. The second kappa shape index (κ2) is 7.29. The molecule has 0 saturated heterocycles. The molecular formula is C16H24N2O3. The van der Waals surface area contributed by atoms with E-state index in [1.807, 2.05) is 13.8 Å². The number of nitrogens with zero attached hydrogens (tertiary/aromatic N) is 1. The molecule has 116 valence electrons. The van der Waals surface area contributed by atoms with Gasteiger partial charge in [-0.25, -0.2) is 0 Å². The lowest BCUT2D eigenvalue weighted by atomic mass is 9.89. The Morgan fingerprint density at radius 3 is 2.67 bits per heavy atom. The highest BCUT2D eigenvalue weighted by molar-refractivity contribution is 5.58. The third kappa shape index (κ3) is 4.62. The molecule has 0 spiro atoms. The van der Waals surface area contributed by atoms with Crippen molar-refractivity contribution in [1.82, 2.24) is 0 Å². The lowest BCUT2D eigenvalue weighted by Crippen LogP contribution is -2.17. The Bertz CT molecular complexity index is 482. The molecule has 1 aliphatic rings. The molecule has 21 heavy (non-hydrogen) atoms. The summed E-state index contributed by atoms with van der Waals surface area (Å²) in [5, 5.41) is 14.4. The van der Waals surface area contributed by atoms with Crippen LogP contribution in [-0.2, 0) is 0 Å². The summed E-state index contributed by atoms with van der Waals surface area (Å²) in [5.74, 6) is 1.05. The van der Waals surface area contributed by atoms with E-state index in [4.69, 9.17) is 4.74 Å². The van der Waals surface area contributed by atoms with Crippen molar-refractivity contribution in [3.05, 3.63) is 28.3 Å². The zero-order chi connectivity index (χ0) is 15.2. The Morgan fingerprint density at radius 2 is 2.05 bits per heavy atom. The fraction of sp³-hybridized carbons (Fsp3) is 0.625. The third-order valence-electron chi connectivity index (χ3n) is 3.84. The minimum atomic E-state index is -0.400. The van der Waals surface area contributed by atoms with Crippen molar-refractivity contribution in [1.29, 1.82) is 0 Å². The molecule has 0 atom stereocenters. The molecule has 1 N–H and O–H groups in total. The SMILES string of the molecule is CC(C)Oc1cc(NCC2CCCCC2)ccc1[N+](=O)[O-]. The molecule has 0 heterocycles. The molecule has 1 aromatic rings. The van der Waals surface area contributed by atoms with Gasteiger partial charge in [0.1, 0.15) is 0 Å². The van der Waals surface area contributed by atoms with Crippen molar-refractivity contribution in [2.24, 2.45) is 5.92 Å². The second-order valence-corrected chi connectivity index (χ2v) is 5.99. The minimum absolute atomic E-state index is 0.0203. The number of nitrogens with one attached hydrogen (secondary N) is 1. The van der Waals surface area contributed by atoms with Gasteiger partial charge in [0.2, 0.25) is 0 Å². The molecule has 0 bridgehead atoms. The van der Waals surface area contributed by atoms with E-state index < -0.39 is 4.92 Å².